The number of likely N-dealkylation sites (N-methyl/N-ethyl adjacent to an activating group) is 2. The van der Waals surface area contributed by atoms with Gasteiger partial charge in [-0.3, -0.25) is 0 Å². The normalized spacial score (nSPS) is 21.6. The number of nitrogens with zero attached hydrogens (tertiary/aromatic N) is 1. The first-order valence-electron chi connectivity index (χ1n) is 5.63. The van der Waals surface area contributed by atoms with Gasteiger partial charge in [0.15, 0.2) is 0 Å². The van der Waals surface area contributed by atoms with E-state index in [1.165, 1.54) is 16.8 Å². The van der Waals surface area contributed by atoms with Crippen molar-refractivity contribution in [3.63, 3.8) is 0 Å². The highest BCUT2D eigenvalue weighted by Gasteiger charge is 2.30. The number of nitrogens with one attached hydrogen (secondary N) is 1. The van der Waals surface area contributed by atoms with Crippen molar-refractivity contribution in [1.82, 2.24) is 5.32 Å². The zero-order valence-corrected chi connectivity index (χ0v) is 10.0. The van der Waals surface area contributed by atoms with Crippen LogP contribution in [0.1, 0.15) is 24.0 Å². The minimum atomic E-state index is 0.538. The Hall–Kier alpha value is -1.02. The maximum absolute atomic E-state index is 3.36. The minimum absolute atomic E-state index is 0.538. The van der Waals surface area contributed by atoms with Gasteiger partial charge in [0.25, 0.3) is 0 Å². The molecule has 2 atom stereocenters. The van der Waals surface area contributed by atoms with E-state index in [-0.39, 0.29) is 0 Å². The number of anilines is 1. The molecule has 82 valence electrons. The highest BCUT2D eigenvalue weighted by molar-refractivity contribution is 5.64. The molecular formula is C13H20N2. The van der Waals surface area contributed by atoms with Crippen LogP contribution in [0, 0.1) is 6.92 Å². The lowest BCUT2D eigenvalue weighted by molar-refractivity contribution is 0.513. The van der Waals surface area contributed by atoms with Crippen LogP contribution in [0.5, 0.6) is 0 Å². The highest BCUT2D eigenvalue weighted by atomic mass is 15.1. The van der Waals surface area contributed by atoms with Crippen LogP contribution in [-0.4, -0.2) is 26.7 Å². The first-order valence-corrected chi connectivity index (χ1v) is 5.63. The molecule has 1 heterocycles. The van der Waals surface area contributed by atoms with Crippen molar-refractivity contribution in [2.45, 2.75) is 25.8 Å². The predicted molar refractivity (Wildman–Crippen MR) is 65.7 cm³/mol. The second-order valence-corrected chi connectivity index (χ2v) is 4.58. The van der Waals surface area contributed by atoms with Crippen molar-refractivity contribution < 1.29 is 0 Å². The van der Waals surface area contributed by atoms with E-state index in [1.807, 2.05) is 7.05 Å². The van der Waals surface area contributed by atoms with Gasteiger partial charge >= 0.3 is 0 Å². The van der Waals surface area contributed by atoms with Crippen LogP contribution >= 0.6 is 0 Å². The smallest absolute Gasteiger partial charge is 0.0430 e. The highest BCUT2D eigenvalue weighted by Crippen LogP contribution is 2.38. The van der Waals surface area contributed by atoms with E-state index in [0.29, 0.717) is 12.0 Å². The lowest BCUT2D eigenvalue weighted by Gasteiger charge is -2.19. The third-order valence-electron chi connectivity index (χ3n) is 3.58. The van der Waals surface area contributed by atoms with Crippen molar-refractivity contribution in [3.05, 3.63) is 29.3 Å². The Kier molecular flexibility index (Phi) is 2.70. The fraction of sp³-hybridized carbons (Fsp3) is 0.538. The van der Waals surface area contributed by atoms with Gasteiger partial charge in [-0.2, -0.15) is 0 Å². The van der Waals surface area contributed by atoms with E-state index in [2.05, 4.69) is 49.3 Å². The third-order valence-corrected chi connectivity index (χ3v) is 3.58. The summed E-state index contributed by atoms with van der Waals surface area (Å²) in [7, 11) is 4.23. The summed E-state index contributed by atoms with van der Waals surface area (Å²) in [5.41, 5.74) is 4.32. The molecule has 1 N–H and O–H groups in total. The zero-order chi connectivity index (χ0) is 11.0. The monoisotopic (exact) mass is 204 g/mol. The van der Waals surface area contributed by atoms with Crippen LogP contribution in [0.3, 0.4) is 0 Å². The standard InChI is InChI=1S/C13H20N2/c1-9-6-5-7-11-12(10(2)14-3)8-15(4)13(9)11/h5-7,10,12,14H,8H2,1-4H3. The molecule has 1 aromatic rings. The number of para-hydroxylation sites is 1. The van der Waals surface area contributed by atoms with E-state index >= 15 is 0 Å². The van der Waals surface area contributed by atoms with Gasteiger partial charge in [-0.05, 0) is 32.0 Å². The molecule has 1 aliphatic heterocycles. The number of aryl methyl sites for hydroxylation is 1. The summed E-state index contributed by atoms with van der Waals surface area (Å²) in [6, 6.07) is 7.17. The van der Waals surface area contributed by atoms with E-state index in [4.69, 9.17) is 0 Å². The summed E-state index contributed by atoms with van der Waals surface area (Å²) < 4.78 is 0. The molecule has 0 saturated carbocycles. The molecule has 1 aliphatic rings. The minimum Gasteiger partial charge on any atom is -0.373 e. The lowest BCUT2D eigenvalue weighted by Crippen LogP contribution is -2.31. The quantitative estimate of drug-likeness (QED) is 0.794. The van der Waals surface area contributed by atoms with Crippen LogP contribution in [0.15, 0.2) is 18.2 Å². The Morgan fingerprint density at radius 1 is 1.47 bits per heavy atom. The maximum Gasteiger partial charge on any atom is 0.0430 e. The molecule has 2 heteroatoms. The second kappa shape index (κ2) is 3.86. The first-order chi connectivity index (χ1) is 7.15. The molecular weight excluding hydrogens is 184 g/mol. The molecule has 2 unspecified atom stereocenters. The van der Waals surface area contributed by atoms with E-state index in [1.54, 1.807) is 0 Å². The van der Waals surface area contributed by atoms with Crippen LogP contribution in [-0.2, 0) is 0 Å². The zero-order valence-electron chi connectivity index (χ0n) is 10.0. The van der Waals surface area contributed by atoms with Crippen molar-refractivity contribution in [2.75, 3.05) is 25.5 Å². The van der Waals surface area contributed by atoms with Gasteiger partial charge in [0.05, 0.1) is 0 Å². The average Bonchev–Trinajstić information content (AvgIpc) is 2.56. The van der Waals surface area contributed by atoms with Gasteiger partial charge in [0.2, 0.25) is 0 Å². The van der Waals surface area contributed by atoms with Gasteiger partial charge in [-0.15, -0.1) is 0 Å². The molecule has 2 rings (SSSR count). The van der Waals surface area contributed by atoms with Gasteiger partial charge in [-0.1, -0.05) is 18.2 Å². The molecule has 0 aliphatic carbocycles. The fourth-order valence-corrected chi connectivity index (χ4v) is 2.62. The third kappa shape index (κ3) is 1.63. The van der Waals surface area contributed by atoms with Gasteiger partial charge in [0.1, 0.15) is 0 Å². The summed E-state index contributed by atoms with van der Waals surface area (Å²) in [5, 5.41) is 3.36. The Morgan fingerprint density at radius 3 is 2.87 bits per heavy atom. The number of fused-ring (bicyclic) bond motifs is 1. The number of hydrogen-bond donors (Lipinski definition) is 1. The largest absolute Gasteiger partial charge is 0.373 e. The number of benzene rings is 1. The van der Waals surface area contributed by atoms with E-state index < -0.39 is 0 Å². The topological polar surface area (TPSA) is 15.3 Å². The molecule has 0 saturated heterocycles. The second-order valence-electron chi connectivity index (χ2n) is 4.58. The Bertz CT molecular complexity index is 360. The van der Waals surface area contributed by atoms with E-state index in [0.717, 1.165) is 6.54 Å². The van der Waals surface area contributed by atoms with Crippen molar-refractivity contribution in [2.24, 2.45) is 0 Å². The Labute approximate surface area is 92.3 Å². The molecule has 0 fully saturated rings. The van der Waals surface area contributed by atoms with Crippen molar-refractivity contribution in [1.29, 1.82) is 0 Å². The van der Waals surface area contributed by atoms with Crippen molar-refractivity contribution >= 4 is 5.69 Å². The van der Waals surface area contributed by atoms with Crippen LogP contribution in [0.2, 0.25) is 0 Å². The SMILES string of the molecule is CNC(C)C1CN(C)c2c(C)cccc21. The maximum atomic E-state index is 3.36. The lowest BCUT2D eigenvalue weighted by atomic mass is 9.93. The molecule has 2 nitrogen and oxygen atoms in total. The summed E-state index contributed by atoms with van der Waals surface area (Å²) >= 11 is 0. The summed E-state index contributed by atoms with van der Waals surface area (Å²) in [5.74, 6) is 0.620. The van der Waals surface area contributed by atoms with Gasteiger partial charge in [-0.25, -0.2) is 0 Å². The number of rotatable bonds is 2. The summed E-state index contributed by atoms with van der Waals surface area (Å²) in [4.78, 5) is 2.38. The van der Waals surface area contributed by atoms with E-state index in [9.17, 15) is 0 Å². The molecule has 0 amide bonds. The number of hydrogen-bond acceptors (Lipinski definition) is 2. The summed E-state index contributed by atoms with van der Waals surface area (Å²) in [6.07, 6.45) is 0. The first kappa shape index (κ1) is 10.5. The molecule has 15 heavy (non-hydrogen) atoms. The van der Waals surface area contributed by atoms with Crippen molar-refractivity contribution in [3.8, 4) is 0 Å². The summed E-state index contributed by atoms with van der Waals surface area (Å²) in [6.45, 7) is 5.58. The van der Waals surface area contributed by atoms with Gasteiger partial charge in [0, 0.05) is 31.2 Å². The molecule has 0 spiro atoms. The molecule has 0 radical (unpaired) electrons. The van der Waals surface area contributed by atoms with Crippen LogP contribution < -0.4 is 10.2 Å². The van der Waals surface area contributed by atoms with Crippen LogP contribution in [0.25, 0.3) is 0 Å². The molecule has 0 bridgehead atoms. The molecule has 0 aromatic heterocycles. The predicted octanol–water partition coefficient (Wildman–Crippen LogP) is 2.14. The Morgan fingerprint density at radius 2 is 2.20 bits per heavy atom. The fourth-order valence-electron chi connectivity index (χ4n) is 2.62. The Balaban J connectivity index is 2.42. The van der Waals surface area contributed by atoms with Crippen LogP contribution in [0.4, 0.5) is 5.69 Å². The molecule has 1 aromatic carbocycles. The van der Waals surface area contributed by atoms with Gasteiger partial charge < -0.3 is 10.2 Å². The average molecular weight is 204 g/mol.